The molecule has 4 aliphatic rings. The van der Waals surface area contributed by atoms with Crippen molar-refractivity contribution in [2.24, 2.45) is 0 Å². The molecule has 0 saturated carbocycles. The number of hydrogen-bond donors (Lipinski definition) is 0. The topological polar surface area (TPSA) is 20.6 Å². The Hall–Kier alpha value is -8.47. The summed E-state index contributed by atoms with van der Waals surface area (Å²) in [5.41, 5.74) is 25.3. The molecule has 0 unspecified atom stereocenters. The number of para-hydroxylation sites is 5. The summed E-state index contributed by atoms with van der Waals surface area (Å²) in [7, 11) is 0. The third-order valence-corrected chi connectivity index (χ3v) is 15.1. The summed E-state index contributed by atoms with van der Waals surface area (Å²) in [5, 5.41) is 2.54. The lowest BCUT2D eigenvalue weighted by atomic mass is 9.30. The van der Waals surface area contributed by atoms with Gasteiger partial charge in [-0.3, -0.25) is 0 Å². The lowest BCUT2D eigenvalue weighted by molar-refractivity contribution is 0.487. The Morgan fingerprint density at radius 3 is 1.62 bits per heavy atom. The quantitative estimate of drug-likeness (QED) is 0.164. The highest BCUT2D eigenvalue weighted by atomic mass is 16.5. The summed E-state index contributed by atoms with van der Waals surface area (Å²) in [6, 6.07) is 79.0. The van der Waals surface area contributed by atoms with Gasteiger partial charge in [0.2, 0.25) is 0 Å². The van der Waals surface area contributed by atoms with Crippen LogP contribution in [-0.4, -0.2) is 18.0 Å². The number of anilines is 6. The first-order chi connectivity index (χ1) is 33.6. The van der Waals surface area contributed by atoms with Crippen LogP contribution in [0.15, 0.2) is 212 Å². The van der Waals surface area contributed by atoms with Crippen LogP contribution in [0.5, 0.6) is 11.5 Å². The normalized spacial score (nSPS) is 13.4. The largest absolute Gasteiger partial charge is 0.458 e. The fraction of sp³-hybridized carbons (Fsp3) is 0.0323. The maximum absolute atomic E-state index is 7.45. The monoisotopic (exact) mass is 865 g/mol. The minimum absolute atomic E-state index is 0.0564. The molecule has 1 aromatic heterocycles. The second kappa shape index (κ2) is 14.0. The van der Waals surface area contributed by atoms with E-state index in [1.54, 1.807) is 0 Å². The van der Waals surface area contributed by atoms with Crippen LogP contribution in [0.1, 0.15) is 11.1 Å². The van der Waals surface area contributed by atoms with Crippen molar-refractivity contribution in [2.75, 3.05) is 9.80 Å². The van der Waals surface area contributed by atoms with E-state index in [0.29, 0.717) is 0 Å². The van der Waals surface area contributed by atoms with Gasteiger partial charge in [-0.15, -0.1) is 0 Å². The summed E-state index contributed by atoms with van der Waals surface area (Å²) in [6.07, 6.45) is 0. The zero-order chi connectivity index (χ0) is 44.8. The van der Waals surface area contributed by atoms with E-state index in [1.165, 1.54) is 105 Å². The van der Waals surface area contributed by atoms with E-state index in [-0.39, 0.29) is 13.4 Å². The van der Waals surface area contributed by atoms with Gasteiger partial charge < -0.3 is 19.1 Å². The van der Waals surface area contributed by atoms with Gasteiger partial charge in [-0.25, -0.2) is 0 Å². The van der Waals surface area contributed by atoms with E-state index >= 15 is 0 Å². The van der Waals surface area contributed by atoms with Crippen molar-refractivity contribution in [1.82, 2.24) is 4.57 Å². The minimum Gasteiger partial charge on any atom is -0.458 e. The summed E-state index contributed by atoms with van der Waals surface area (Å²) in [4.78, 5) is 5.00. The molecule has 4 aliphatic heterocycles. The third-order valence-electron chi connectivity index (χ3n) is 15.1. The van der Waals surface area contributed by atoms with Crippen LogP contribution in [0.2, 0.25) is 0 Å². The van der Waals surface area contributed by atoms with Crippen molar-refractivity contribution in [3.63, 3.8) is 0 Å². The number of fused-ring (bicyclic) bond motifs is 11. The molecule has 0 bridgehead atoms. The lowest BCUT2D eigenvalue weighted by Gasteiger charge is -2.45. The number of hydrogen-bond acceptors (Lipinski definition) is 3. The Morgan fingerprint density at radius 2 is 0.912 bits per heavy atom. The molecule has 316 valence electrons. The van der Waals surface area contributed by atoms with Crippen LogP contribution in [0, 0.1) is 13.8 Å². The van der Waals surface area contributed by atoms with Gasteiger partial charge in [-0.2, -0.15) is 0 Å². The first-order valence-electron chi connectivity index (χ1n) is 23.7. The second-order valence-corrected chi connectivity index (χ2v) is 19.0. The molecule has 15 rings (SSSR count). The zero-order valence-corrected chi connectivity index (χ0v) is 37.6. The van der Waals surface area contributed by atoms with E-state index in [4.69, 9.17) is 4.74 Å². The first-order valence-corrected chi connectivity index (χ1v) is 23.7. The lowest BCUT2D eigenvalue weighted by Crippen LogP contribution is -2.64. The number of nitrogens with zero attached hydrogens (tertiary/aromatic N) is 3. The molecular formula is C62H41B2N3O. The number of aromatic nitrogens is 1. The summed E-state index contributed by atoms with van der Waals surface area (Å²) >= 11 is 0. The van der Waals surface area contributed by atoms with Gasteiger partial charge in [-0.1, -0.05) is 157 Å². The average Bonchev–Trinajstić information content (AvgIpc) is 3.73. The highest BCUT2D eigenvalue weighted by Crippen LogP contribution is 2.48. The van der Waals surface area contributed by atoms with Crippen LogP contribution >= 0.6 is 0 Å². The molecule has 11 aromatic rings. The number of rotatable bonds is 4. The molecule has 4 nitrogen and oxygen atoms in total. The van der Waals surface area contributed by atoms with Gasteiger partial charge in [-0.05, 0) is 130 Å². The SMILES string of the molecule is Cc1ccc(-c2cc3c4c(c2)N(c2ccccc2)c2cc5c(cc2B4c2ccccc2N3c2ccccc2)B2c3c(cc(-c4ccc(C)cc4)cc3-n3c4ccccc4c4cccc2c43)O5)cc1. The number of benzene rings is 10. The molecule has 0 atom stereocenters. The van der Waals surface area contributed by atoms with Crippen LogP contribution in [0.4, 0.5) is 34.1 Å². The van der Waals surface area contributed by atoms with Crippen molar-refractivity contribution in [1.29, 1.82) is 0 Å². The Kier molecular flexibility index (Phi) is 7.78. The average molecular weight is 866 g/mol. The number of ether oxygens (including phenoxy) is 1. The first kappa shape index (κ1) is 37.7. The highest BCUT2D eigenvalue weighted by molar-refractivity contribution is 7.02. The smallest absolute Gasteiger partial charge is 0.256 e. The Bertz CT molecular complexity index is 3920. The van der Waals surface area contributed by atoms with E-state index in [2.05, 4.69) is 241 Å². The van der Waals surface area contributed by atoms with E-state index in [1.807, 2.05) is 0 Å². The molecule has 68 heavy (non-hydrogen) atoms. The summed E-state index contributed by atoms with van der Waals surface area (Å²) in [6.45, 7) is 4.19. The van der Waals surface area contributed by atoms with Gasteiger partial charge in [0.15, 0.2) is 0 Å². The Balaban J connectivity index is 1.04. The van der Waals surface area contributed by atoms with E-state index < -0.39 is 0 Å². The van der Waals surface area contributed by atoms with Crippen molar-refractivity contribution < 1.29 is 4.74 Å². The highest BCUT2D eigenvalue weighted by Gasteiger charge is 2.47. The van der Waals surface area contributed by atoms with Gasteiger partial charge in [0, 0.05) is 62.2 Å². The Morgan fingerprint density at radius 1 is 0.353 bits per heavy atom. The van der Waals surface area contributed by atoms with Crippen LogP contribution < -0.4 is 47.3 Å². The molecule has 0 N–H and O–H groups in total. The van der Waals surface area contributed by atoms with Crippen LogP contribution in [-0.2, 0) is 0 Å². The van der Waals surface area contributed by atoms with Crippen LogP contribution in [0.25, 0.3) is 49.7 Å². The zero-order valence-electron chi connectivity index (χ0n) is 37.6. The van der Waals surface area contributed by atoms with Crippen molar-refractivity contribution in [3.05, 3.63) is 223 Å². The van der Waals surface area contributed by atoms with Crippen molar-refractivity contribution in [2.45, 2.75) is 13.8 Å². The van der Waals surface area contributed by atoms with E-state index in [9.17, 15) is 0 Å². The predicted octanol–water partition coefficient (Wildman–Crippen LogP) is 11.8. The van der Waals surface area contributed by atoms with Gasteiger partial charge in [0.25, 0.3) is 13.4 Å². The standard InChI is InChI=1S/C62H41B2N3O/c1-38-24-28-40(29-25-38)42-32-55-60-56(33-42)66(45-16-7-4-8-17-45)54-37-58-51(36-50(54)63(60)48-20-10-12-23-53(48)65(55)44-14-5-3-6-15-44)64-49-21-13-19-47-46-18-9-11-22-52(46)67(62(47)49)57-34-43(35-59(68-58)61(57)64)41-30-26-39(2)27-31-41/h3-37H,1-2H3. The summed E-state index contributed by atoms with van der Waals surface area (Å²) < 4.78 is 9.97. The third kappa shape index (κ3) is 5.23. The summed E-state index contributed by atoms with van der Waals surface area (Å²) in [5.74, 6) is 1.80. The van der Waals surface area contributed by atoms with E-state index in [0.717, 1.165) is 34.1 Å². The second-order valence-electron chi connectivity index (χ2n) is 19.0. The fourth-order valence-corrected chi connectivity index (χ4v) is 12.1. The van der Waals surface area contributed by atoms with Crippen LogP contribution in [0.3, 0.4) is 0 Å². The van der Waals surface area contributed by atoms with Crippen molar-refractivity contribution in [3.8, 4) is 39.4 Å². The minimum atomic E-state index is -0.0590. The molecule has 0 radical (unpaired) electrons. The maximum Gasteiger partial charge on any atom is 0.256 e. The predicted molar refractivity (Wildman–Crippen MR) is 286 cm³/mol. The molecule has 0 fully saturated rings. The molecule has 0 spiro atoms. The van der Waals surface area contributed by atoms with Gasteiger partial charge in [0.05, 0.1) is 5.52 Å². The molecule has 5 heterocycles. The van der Waals surface area contributed by atoms with Gasteiger partial charge in [0.1, 0.15) is 11.5 Å². The molecular weight excluding hydrogens is 824 g/mol. The Labute approximate surface area is 396 Å². The van der Waals surface area contributed by atoms with Crippen molar-refractivity contribution >= 4 is 102 Å². The number of aryl methyl sites for hydroxylation is 2. The molecule has 10 aromatic carbocycles. The maximum atomic E-state index is 7.45. The fourth-order valence-electron chi connectivity index (χ4n) is 12.1. The molecule has 0 saturated heterocycles. The van der Waals surface area contributed by atoms with Gasteiger partial charge >= 0.3 is 0 Å². The molecule has 0 aliphatic carbocycles. The molecule has 6 heteroatoms. The molecule has 0 amide bonds.